The lowest BCUT2D eigenvalue weighted by Gasteiger charge is -2.06. The van der Waals surface area contributed by atoms with E-state index >= 15 is 0 Å². The van der Waals surface area contributed by atoms with Gasteiger partial charge in [0.15, 0.2) is 0 Å². The highest BCUT2D eigenvalue weighted by Crippen LogP contribution is 2.14. The fraction of sp³-hybridized carbons (Fsp3) is 0.200. The fourth-order valence-electron chi connectivity index (χ4n) is 1.30. The number of nitriles is 1. The van der Waals surface area contributed by atoms with Gasteiger partial charge in [-0.3, -0.25) is 0 Å². The van der Waals surface area contributed by atoms with Crippen LogP contribution in [0.4, 0.5) is 0 Å². The largest absolute Gasteiger partial charge is 0.389 e. The summed E-state index contributed by atoms with van der Waals surface area (Å²) in [6, 6.07) is 7.55. The number of thiocarbonyl (C=S) groups is 1. The molecule has 0 fully saturated rings. The van der Waals surface area contributed by atoms with Gasteiger partial charge < -0.3 is 5.73 Å². The van der Waals surface area contributed by atoms with Crippen molar-refractivity contribution in [1.29, 1.82) is 5.26 Å². The van der Waals surface area contributed by atoms with E-state index in [1.54, 1.807) is 12.1 Å². The Morgan fingerprint density at radius 2 is 2.31 bits per heavy atom. The van der Waals surface area contributed by atoms with E-state index in [0.717, 1.165) is 17.5 Å². The molecule has 0 radical (unpaired) electrons. The van der Waals surface area contributed by atoms with Crippen molar-refractivity contribution in [3.8, 4) is 6.07 Å². The first kappa shape index (κ1) is 9.69. The summed E-state index contributed by atoms with van der Waals surface area (Å²) in [5.74, 6) is 0. The molecule has 0 aliphatic carbocycles. The molecule has 2 nitrogen and oxygen atoms in total. The Balaban J connectivity index is 3.38. The maximum absolute atomic E-state index is 8.82. The molecule has 0 unspecified atom stereocenters. The van der Waals surface area contributed by atoms with E-state index in [0.29, 0.717) is 10.6 Å². The van der Waals surface area contributed by atoms with Crippen LogP contribution in [-0.2, 0) is 6.42 Å². The monoisotopic (exact) mass is 190 g/mol. The molecule has 0 aromatic heterocycles. The minimum atomic E-state index is 0.356. The van der Waals surface area contributed by atoms with E-state index in [4.69, 9.17) is 23.2 Å². The van der Waals surface area contributed by atoms with Crippen LogP contribution in [0.1, 0.15) is 23.6 Å². The molecule has 3 heteroatoms. The van der Waals surface area contributed by atoms with Crippen molar-refractivity contribution in [2.24, 2.45) is 5.73 Å². The predicted molar refractivity (Wildman–Crippen MR) is 56.4 cm³/mol. The Morgan fingerprint density at radius 3 is 2.77 bits per heavy atom. The first-order valence-corrected chi connectivity index (χ1v) is 4.43. The molecule has 0 bridgehead atoms. The lowest BCUT2D eigenvalue weighted by Crippen LogP contribution is -2.12. The fourth-order valence-corrected chi connectivity index (χ4v) is 1.49. The molecule has 13 heavy (non-hydrogen) atoms. The molecule has 0 saturated carbocycles. The minimum absolute atomic E-state index is 0.356. The topological polar surface area (TPSA) is 49.8 Å². The summed E-state index contributed by atoms with van der Waals surface area (Å²) in [5.41, 5.74) is 7.95. The Labute approximate surface area is 83.0 Å². The molecule has 1 aromatic rings. The summed E-state index contributed by atoms with van der Waals surface area (Å²) < 4.78 is 0. The van der Waals surface area contributed by atoms with Gasteiger partial charge in [-0.2, -0.15) is 5.26 Å². The van der Waals surface area contributed by atoms with Crippen LogP contribution in [-0.4, -0.2) is 4.99 Å². The zero-order valence-corrected chi connectivity index (χ0v) is 8.19. The second-order valence-electron chi connectivity index (χ2n) is 2.66. The zero-order valence-electron chi connectivity index (χ0n) is 7.37. The molecule has 0 saturated heterocycles. The Hall–Kier alpha value is -1.40. The molecule has 1 aromatic carbocycles. The molecule has 0 amide bonds. The number of rotatable bonds is 2. The number of nitrogens with zero attached hydrogens (tertiary/aromatic N) is 1. The molecule has 0 spiro atoms. The van der Waals surface area contributed by atoms with E-state index in [9.17, 15) is 0 Å². The summed E-state index contributed by atoms with van der Waals surface area (Å²) in [6.07, 6.45) is 0.774. The number of hydrogen-bond donors (Lipinski definition) is 1. The molecule has 2 N–H and O–H groups in total. The van der Waals surface area contributed by atoms with Gasteiger partial charge >= 0.3 is 0 Å². The van der Waals surface area contributed by atoms with E-state index in [1.807, 2.05) is 13.0 Å². The third-order valence-corrected chi connectivity index (χ3v) is 2.14. The zero-order chi connectivity index (χ0) is 9.84. The molecule has 66 valence electrons. The van der Waals surface area contributed by atoms with Crippen LogP contribution in [0.15, 0.2) is 18.2 Å². The highest BCUT2D eigenvalue weighted by atomic mass is 32.1. The van der Waals surface area contributed by atoms with Crippen molar-refractivity contribution >= 4 is 17.2 Å². The van der Waals surface area contributed by atoms with Crippen LogP contribution in [0.5, 0.6) is 0 Å². The lowest BCUT2D eigenvalue weighted by molar-refractivity contribution is 1.12. The summed E-state index contributed by atoms with van der Waals surface area (Å²) in [4.78, 5) is 0.356. The standard InChI is InChI=1S/C10H10N2S/c1-2-8-7(6-11)4-3-5-9(8)10(12)13/h3-5H,2H2,1H3,(H2,12,13). The lowest BCUT2D eigenvalue weighted by atomic mass is 9.99. The van der Waals surface area contributed by atoms with Gasteiger partial charge in [0.2, 0.25) is 0 Å². The first-order chi connectivity index (χ1) is 6.20. The van der Waals surface area contributed by atoms with Crippen LogP contribution in [0, 0.1) is 11.3 Å². The van der Waals surface area contributed by atoms with E-state index in [2.05, 4.69) is 6.07 Å². The summed E-state index contributed by atoms with van der Waals surface area (Å²) in [5, 5.41) is 8.82. The van der Waals surface area contributed by atoms with Gasteiger partial charge in [0.25, 0.3) is 0 Å². The van der Waals surface area contributed by atoms with Gasteiger partial charge in [0.1, 0.15) is 4.99 Å². The Morgan fingerprint density at radius 1 is 1.62 bits per heavy atom. The summed E-state index contributed by atoms with van der Waals surface area (Å²) in [6.45, 7) is 1.98. The van der Waals surface area contributed by atoms with Crippen LogP contribution in [0.2, 0.25) is 0 Å². The Kier molecular flexibility index (Phi) is 2.99. The van der Waals surface area contributed by atoms with Crippen molar-refractivity contribution in [1.82, 2.24) is 0 Å². The summed E-state index contributed by atoms with van der Waals surface area (Å²) >= 11 is 4.89. The van der Waals surface area contributed by atoms with Crippen molar-refractivity contribution in [3.63, 3.8) is 0 Å². The van der Waals surface area contributed by atoms with Gasteiger partial charge in [0, 0.05) is 5.56 Å². The van der Waals surface area contributed by atoms with Gasteiger partial charge in [0.05, 0.1) is 11.6 Å². The van der Waals surface area contributed by atoms with E-state index < -0.39 is 0 Å². The molecule has 0 heterocycles. The van der Waals surface area contributed by atoms with Gasteiger partial charge in [-0.1, -0.05) is 31.3 Å². The SMILES string of the molecule is CCc1c(C#N)cccc1C(N)=S. The molecular weight excluding hydrogens is 180 g/mol. The van der Waals surface area contributed by atoms with Gasteiger partial charge in [-0.15, -0.1) is 0 Å². The van der Waals surface area contributed by atoms with Crippen LogP contribution in [0.25, 0.3) is 0 Å². The third kappa shape index (κ3) is 1.85. The van der Waals surface area contributed by atoms with E-state index in [-0.39, 0.29) is 0 Å². The third-order valence-electron chi connectivity index (χ3n) is 1.92. The number of hydrogen-bond acceptors (Lipinski definition) is 2. The molecule has 0 aliphatic heterocycles. The van der Waals surface area contributed by atoms with Crippen molar-refractivity contribution < 1.29 is 0 Å². The van der Waals surface area contributed by atoms with Crippen LogP contribution in [0.3, 0.4) is 0 Å². The van der Waals surface area contributed by atoms with Crippen molar-refractivity contribution in [2.75, 3.05) is 0 Å². The normalized spacial score (nSPS) is 9.23. The van der Waals surface area contributed by atoms with Crippen LogP contribution >= 0.6 is 12.2 Å². The average molecular weight is 190 g/mol. The first-order valence-electron chi connectivity index (χ1n) is 4.02. The Bertz CT molecular complexity index is 377. The number of nitrogens with two attached hydrogens (primary N) is 1. The second kappa shape index (κ2) is 4.01. The summed E-state index contributed by atoms with van der Waals surface area (Å²) in [7, 11) is 0. The maximum Gasteiger partial charge on any atom is 0.104 e. The van der Waals surface area contributed by atoms with Crippen molar-refractivity contribution in [2.45, 2.75) is 13.3 Å². The molecule has 0 aliphatic rings. The highest BCUT2D eigenvalue weighted by molar-refractivity contribution is 7.80. The average Bonchev–Trinajstić information content (AvgIpc) is 2.16. The maximum atomic E-state index is 8.82. The van der Waals surface area contributed by atoms with Gasteiger partial charge in [-0.25, -0.2) is 0 Å². The molecule has 1 rings (SSSR count). The van der Waals surface area contributed by atoms with Crippen LogP contribution < -0.4 is 5.73 Å². The number of benzene rings is 1. The minimum Gasteiger partial charge on any atom is -0.389 e. The predicted octanol–water partition coefficient (Wildman–Crippen LogP) is 1.75. The molecular formula is C10H10N2S. The quantitative estimate of drug-likeness (QED) is 0.723. The van der Waals surface area contributed by atoms with E-state index in [1.165, 1.54) is 0 Å². The second-order valence-corrected chi connectivity index (χ2v) is 3.10. The van der Waals surface area contributed by atoms with Gasteiger partial charge in [-0.05, 0) is 18.1 Å². The van der Waals surface area contributed by atoms with Crippen molar-refractivity contribution in [3.05, 3.63) is 34.9 Å². The molecule has 0 atom stereocenters. The highest BCUT2D eigenvalue weighted by Gasteiger charge is 2.07. The smallest absolute Gasteiger partial charge is 0.104 e.